The number of ether oxygens (including phenoxy) is 3. The third-order valence-electron chi connectivity index (χ3n) is 11.3. The number of hydrogen-bond acceptors (Lipinski definition) is 10. The number of methoxy groups -OCH3 is 1. The fraction of sp³-hybridized carbons (Fsp3) is 0.435. The first-order valence-electron chi connectivity index (χ1n) is 20.3. The maximum Gasteiger partial charge on any atom is 0.407 e. The number of nitrogens with zero attached hydrogens (tertiary/aromatic N) is 2. The Morgan fingerprint density at radius 3 is 2.08 bits per heavy atom. The van der Waals surface area contributed by atoms with Crippen LogP contribution in [0.5, 0.6) is 0 Å². The van der Waals surface area contributed by atoms with Gasteiger partial charge >= 0.3 is 18.0 Å². The predicted octanol–water partition coefficient (Wildman–Crippen LogP) is 7.48. The normalized spacial score (nSPS) is 15.8. The van der Waals surface area contributed by atoms with E-state index in [4.69, 9.17) is 14.2 Å². The zero-order valence-corrected chi connectivity index (χ0v) is 35.3. The maximum atomic E-state index is 14.3. The Morgan fingerprint density at radius 2 is 1.49 bits per heavy atom. The average molecular weight is 823 g/mol. The van der Waals surface area contributed by atoms with Crippen molar-refractivity contribution in [2.45, 2.75) is 89.9 Å². The molecule has 0 aliphatic heterocycles. The minimum Gasteiger partial charge on any atom is -0.469 e. The number of carbonyl (C=O) groups excluding carboxylic acids is 5. The van der Waals surface area contributed by atoms with Crippen LogP contribution in [0.4, 0.5) is 4.79 Å². The molecule has 12 nitrogen and oxygen atoms in total. The van der Waals surface area contributed by atoms with Crippen molar-refractivity contribution in [2.75, 3.05) is 20.8 Å². The van der Waals surface area contributed by atoms with E-state index in [1.807, 2.05) is 68.4 Å². The zero-order chi connectivity index (χ0) is 42.2. The molecule has 5 atom stereocenters. The highest BCUT2D eigenvalue weighted by Crippen LogP contribution is 2.44. The van der Waals surface area contributed by atoms with Gasteiger partial charge in [-0.2, -0.15) is 0 Å². The quantitative estimate of drug-likeness (QED) is 0.0769. The fourth-order valence-corrected chi connectivity index (χ4v) is 8.91. The summed E-state index contributed by atoms with van der Waals surface area (Å²) < 4.78 is 16.6. The number of alkyl carbamates (subject to hydrolysis) is 1. The van der Waals surface area contributed by atoms with Gasteiger partial charge in [0.2, 0.25) is 5.91 Å². The molecule has 3 aromatic carbocycles. The summed E-state index contributed by atoms with van der Waals surface area (Å²) in [5, 5.41) is 7.97. The largest absolute Gasteiger partial charge is 0.469 e. The van der Waals surface area contributed by atoms with E-state index >= 15 is 0 Å². The maximum absolute atomic E-state index is 14.3. The summed E-state index contributed by atoms with van der Waals surface area (Å²) in [5.41, 5.74) is 5.61. The summed E-state index contributed by atoms with van der Waals surface area (Å²) >= 11 is 1.19. The van der Waals surface area contributed by atoms with E-state index in [2.05, 4.69) is 39.9 Å². The van der Waals surface area contributed by atoms with Gasteiger partial charge in [0.05, 0.1) is 13.0 Å². The molecular weight excluding hydrogens is 769 g/mol. The fourth-order valence-electron chi connectivity index (χ4n) is 8.07. The average Bonchev–Trinajstić information content (AvgIpc) is 3.85. The van der Waals surface area contributed by atoms with Gasteiger partial charge in [0, 0.05) is 43.8 Å². The molecule has 0 spiro atoms. The second-order valence-corrected chi connectivity index (χ2v) is 16.9. The minimum absolute atomic E-state index is 0.0242. The highest BCUT2D eigenvalue weighted by atomic mass is 32.1. The smallest absolute Gasteiger partial charge is 0.407 e. The summed E-state index contributed by atoms with van der Waals surface area (Å²) in [6.45, 7) is 7.16. The van der Waals surface area contributed by atoms with Crippen molar-refractivity contribution in [1.29, 1.82) is 0 Å². The van der Waals surface area contributed by atoms with Crippen LogP contribution in [0, 0.1) is 17.8 Å². The van der Waals surface area contributed by atoms with Gasteiger partial charge in [-0.05, 0) is 65.3 Å². The third-order valence-corrected chi connectivity index (χ3v) is 12.2. The lowest BCUT2D eigenvalue weighted by Crippen LogP contribution is -2.53. The number of hydrogen-bond donors (Lipinski definition) is 2. The number of thiazole rings is 1. The third kappa shape index (κ3) is 10.7. The van der Waals surface area contributed by atoms with Crippen molar-refractivity contribution >= 4 is 41.2 Å². The molecule has 59 heavy (non-hydrogen) atoms. The van der Waals surface area contributed by atoms with Gasteiger partial charge in [0.25, 0.3) is 5.91 Å². The molecule has 13 heteroatoms. The molecule has 4 aromatic rings. The minimum atomic E-state index is -0.851. The predicted molar refractivity (Wildman–Crippen MR) is 225 cm³/mol. The zero-order valence-electron chi connectivity index (χ0n) is 34.5. The van der Waals surface area contributed by atoms with Gasteiger partial charge in [0.15, 0.2) is 6.10 Å². The molecule has 0 saturated heterocycles. The van der Waals surface area contributed by atoms with Crippen molar-refractivity contribution in [3.05, 3.63) is 112 Å². The Bertz CT molecular complexity index is 2070. The van der Waals surface area contributed by atoms with Gasteiger partial charge in [-0.3, -0.25) is 19.2 Å². The summed E-state index contributed by atoms with van der Waals surface area (Å²) in [5.74, 6) is -2.24. The molecule has 0 unspecified atom stereocenters. The Kier molecular flexibility index (Phi) is 14.2. The summed E-state index contributed by atoms with van der Waals surface area (Å²) in [4.78, 5) is 72.2. The highest BCUT2D eigenvalue weighted by Gasteiger charge is 2.42. The number of rotatable bonds is 18. The highest BCUT2D eigenvalue weighted by molar-refractivity contribution is 7.09. The first-order valence-corrected chi connectivity index (χ1v) is 21.2. The molecule has 2 aliphatic rings. The molecule has 2 N–H and O–H groups in total. The van der Waals surface area contributed by atoms with Gasteiger partial charge in [-0.1, -0.05) is 99.6 Å². The molecule has 3 amide bonds. The van der Waals surface area contributed by atoms with Crippen molar-refractivity contribution < 1.29 is 38.2 Å². The van der Waals surface area contributed by atoms with E-state index in [1.54, 1.807) is 24.3 Å². The lowest BCUT2D eigenvalue weighted by atomic mass is 9.95. The van der Waals surface area contributed by atoms with E-state index < -0.39 is 42.1 Å². The van der Waals surface area contributed by atoms with Gasteiger partial charge in [0.1, 0.15) is 23.4 Å². The van der Waals surface area contributed by atoms with Crippen LogP contribution in [0.2, 0.25) is 0 Å². The van der Waals surface area contributed by atoms with Crippen molar-refractivity contribution in [2.24, 2.45) is 17.8 Å². The second-order valence-electron chi connectivity index (χ2n) is 16.0. The molecule has 1 fully saturated rings. The number of aromatic nitrogens is 1. The number of carbonyl (C=O) groups is 5. The SMILES string of the molecule is COC(=O)[C@@H](C)C[C@H](Cc1ccccc1)NC(=O)c1csc([C@@H](C[C@H](C(C)C)N(C)C(=O)[C@@H](NC(=O)OCC2c3ccccc3-c3ccccc32)C2CC2)OC(C)=O)n1. The molecule has 2 aliphatic carbocycles. The molecule has 1 aromatic heterocycles. The van der Waals surface area contributed by atoms with Crippen LogP contribution in [-0.2, 0) is 35.0 Å². The first kappa shape index (κ1) is 43.0. The molecule has 0 bridgehead atoms. The Hall–Kier alpha value is -5.56. The van der Waals surface area contributed by atoms with Crippen molar-refractivity contribution in [3.8, 4) is 11.1 Å². The summed E-state index contributed by atoms with van der Waals surface area (Å²) in [6, 6.07) is 24.3. The number of fused-ring (bicyclic) bond motifs is 3. The monoisotopic (exact) mass is 822 g/mol. The Balaban J connectivity index is 1.12. The van der Waals surface area contributed by atoms with Crippen LogP contribution in [-0.4, -0.2) is 78.6 Å². The molecule has 312 valence electrons. The molecule has 1 heterocycles. The van der Waals surface area contributed by atoms with E-state index in [0.717, 1.165) is 40.7 Å². The van der Waals surface area contributed by atoms with E-state index in [-0.39, 0.29) is 54.4 Å². The van der Waals surface area contributed by atoms with E-state index in [1.165, 1.54) is 25.4 Å². The standard InChI is InChI=1S/C46H54N4O8S/c1-27(2)39(50(5)44(53)41(31-20-21-31)49-46(55)57-25-37-35-18-12-10-16-33(35)34-17-11-13-19-36(34)37)24-40(58-29(4)51)43-48-38(26-59-43)42(52)47-32(22-28(3)45(54)56-6)23-30-14-8-7-9-15-30/h7-19,26-28,31-32,37,39-41H,20-25H2,1-6H3,(H,47,52)(H,49,55)/t28-,32+,39+,40+,41-/m0/s1. The first-order chi connectivity index (χ1) is 28.3. The van der Waals surface area contributed by atoms with Crippen molar-refractivity contribution in [1.82, 2.24) is 20.5 Å². The van der Waals surface area contributed by atoms with Crippen LogP contribution < -0.4 is 10.6 Å². The molecule has 6 rings (SSSR count). The van der Waals surface area contributed by atoms with Crippen LogP contribution in [0.25, 0.3) is 11.1 Å². The van der Waals surface area contributed by atoms with Gasteiger partial charge in [-0.25, -0.2) is 9.78 Å². The number of nitrogens with one attached hydrogen (secondary N) is 2. The second kappa shape index (κ2) is 19.5. The lowest BCUT2D eigenvalue weighted by molar-refractivity contribution is -0.149. The van der Waals surface area contributed by atoms with Gasteiger partial charge in [-0.15, -0.1) is 11.3 Å². The topological polar surface area (TPSA) is 153 Å². The van der Waals surface area contributed by atoms with Crippen LogP contribution in [0.1, 0.15) is 97.6 Å². The molecule has 1 saturated carbocycles. The molecule has 0 radical (unpaired) electrons. The number of amides is 3. The van der Waals surface area contributed by atoms with Crippen LogP contribution in [0.15, 0.2) is 84.2 Å². The lowest BCUT2D eigenvalue weighted by Gasteiger charge is -2.35. The Morgan fingerprint density at radius 1 is 0.864 bits per heavy atom. The number of esters is 2. The van der Waals surface area contributed by atoms with E-state index in [9.17, 15) is 24.0 Å². The Labute approximate surface area is 350 Å². The summed E-state index contributed by atoms with van der Waals surface area (Å²) in [6.07, 6.45) is 1.16. The van der Waals surface area contributed by atoms with E-state index in [0.29, 0.717) is 17.8 Å². The van der Waals surface area contributed by atoms with Crippen molar-refractivity contribution in [3.63, 3.8) is 0 Å². The van der Waals surface area contributed by atoms with Gasteiger partial charge < -0.3 is 29.7 Å². The van der Waals surface area contributed by atoms with Crippen LogP contribution in [0.3, 0.4) is 0 Å². The summed E-state index contributed by atoms with van der Waals surface area (Å²) in [7, 11) is 3.04. The van der Waals surface area contributed by atoms with Crippen LogP contribution >= 0.6 is 11.3 Å². The number of likely N-dealkylation sites (N-methyl/N-ethyl adjacent to an activating group) is 1. The molecular formula is C46H54N4O8S. The number of benzene rings is 3.